The Morgan fingerprint density at radius 2 is 2.21 bits per heavy atom. The summed E-state index contributed by atoms with van der Waals surface area (Å²) in [5, 5.41) is 7.38. The number of anilines is 3. The lowest BCUT2D eigenvalue weighted by molar-refractivity contribution is 0.603. The smallest absolute Gasteiger partial charge is 0.152 e. The maximum atomic E-state index is 13.8. The largest absolute Gasteiger partial charge is 0.394 e. The first-order valence-corrected chi connectivity index (χ1v) is 6.87. The lowest BCUT2D eigenvalue weighted by Crippen LogP contribution is -2.07. The van der Waals surface area contributed by atoms with Crippen LogP contribution in [0.1, 0.15) is 19.0 Å². The molecule has 1 aromatic carbocycles. The van der Waals surface area contributed by atoms with E-state index in [2.05, 4.69) is 33.3 Å². The summed E-state index contributed by atoms with van der Waals surface area (Å²) in [6.45, 7) is 4.62. The van der Waals surface area contributed by atoms with Gasteiger partial charge in [-0.1, -0.05) is 13.0 Å². The Bertz CT molecular complexity index is 574. The van der Waals surface area contributed by atoms with Crippen LogP contribution in [0, 0.1) is 12.7 Å². The van der Waals surface area contributed by atoms with Gasteiger partial charge in [-0.25, -0.2) is 9.07 Å². The summed E-state index contributed by atoms with van der Waals surface area (Å²) in [7, 11) is 0. The highest BCUT2D eigenvalue weighted by molar-refractivity contribution is 9.10. The van der Waals surface area contributed by atoms with Crippen molar-refractivity contribution >= 4 is 33.1 Å². The number of aromatic nitrogens is 2. The SMILES string of the molecule is CCCn1nc(C)c(N)c1Nc1c(F)cccc1Br. The molecule has 19 heavy (non-hydrogen) atoms. The molecule has 4 nitrogen and oxygen atoms in total. The first-order valence-electron chi connectivity index (χ1n) is 6.08. The summed E-state index contributed by atoms with van der Waals surface area (Å²) >= 11 is 3.33. The van der Waals surface area contributed by atoms with E-state index in [1.165, 1.54) is 6.07 Å². The molecule has 0 atom stereocenters. The van der Waals surface area contributed by atoms with Crippen LogP contribution in [0.15, 0.2) is 22.7 Å². The van der Waals surface area contributed by atoms with E-state index < -0.39 is 0 Å². The number of benzene rings is 1. The van der Waals surface area contributed by atoms with Crippen LogP contribution in [0.2, 0.25) is 0 Å². The molecular weight excluding hydrogens is 311 g/mol. The van der Waals surface area contributed by atoms with Crippen LogP contribution in [-0.4, -0.2) is 9.78 Å². The molecule has 3 N–H and O–H groups in total. The molecule has 102 valence electrons. The Morgan fingerprint density at radius 3 is 2.84 bits per heavy atom. The Balaban J connectivity index is 2.43. The Hall–Kier alpha value is -1.56. The van der Waals surface area contributed by atoms with Crippen molar-refractivity contribution in [3.8, 4) is 0 Å². The second-order valence-corrected chi connectivity index (χ2v) is 5.15. The number of rotatable bonds is 4. The highest BCUT2D eigenvalue weighted by Gasteiger charge is 2.15. The minimum Gasteiger partial charge on any atom is -0.394 e. The van der Waals surface area contributed by atoms with Crippen LogP contribution in [-0.2, 0) is 6.54 Å². The highest BCUT2D eigenvalue weighted by atomic mass is 79.9. The van der Waals surface area contributed by atoms with Gasteiger partial charge in [0.05, 0.1) is 17.1 Å². The second kappa shape index (κ2) is 5.61. The number of hydrogen-bond acceptors (Lipinski definition) is 3. The third kappa shape index (κ3) is 2.73. The number of nitrogens with one attached hydrogen (secondary N) is 1. The van der Waals surface area contributed by atoms with Crippen molar-refractivity contribution in [1.29, 1.82) is 0 Å². The number of hydrogen-bond donors (Lipinski definition) is 2. The second-order valence-electron chi connectivity index (χ2n) is 4.29. The summed E-state index contributed by atoms with van der Waals surface area (Å²) in [5.41, 5.74) is 7.65. The normalized spacial score (nSPS) is 10.7. The number of para-hydroxylation sites is 1. The van der Waals surface area contributed by atoms with Gasteiger partial charge in [-0.05, 0) is 41.4 Å². The summed E-state index contributed by atoms with van der Waals surface area (Å²) in [6.07, 6.45) is 0.924. The minimum atomic E-state index is -0.337. The van der Waals surface area contributed by atoms with E-state index >= 15 is 0 Å². The molecule has 0 amide bonds. The number of halogens is 2. The van der Waals surface area contributed by atoms with Gasteiger partial charge in [0, 0.05) is 11.0 Å². The summed E-state index contributed by atoms with van der Waals surface area (Å²) < 4.78 is 16.2. The Morgan fingerprint density at radius 1 is 1.47 bits per heavy atom. The van der Waals surface area contributed by atoms with Crippen molar-refractivity contribution in [1.82, 2.24) is 9.78 Å². The molecule has 0 aliphatic rings. The lowest BCUT2D eigenvalue weighted by Gasteiger charge is -2.12. The molecule has 2 aromatic rings. The number of nitrogens with two attached hydrogens (primary N) is 1. The van der Waals surface area contributed by atoms with E-state index in [1.54, 1.807) is 16.8 Å². The fourth-order valence-corrected chi connectivity index (χ4v) is 2.28. The molecule has 6 heteroatoms. The van der Waals surface area contributed by atoms with Crippen molar-refractivity contribution < 1.29 is 4.39 Å². The monoisotopic (exact) mass is 326 g/mol. The average molecular weight is 327 g/mol. The first-order chi connectivity index (χ1) is 9.04. The molecule has 0 aliphatic carbocycles. The third-order valence-electron chi connectivity index (χ3n) is 2.82. The molecule has 0 bridgehead atoms. The molecule has 1 heterocycles. The summed E-state index contributed by atoms with van der Waals surface area (Å²) in [6, 6.07) is 4.81. The molecule has 0 unspecified atom stereocenters. The van der Waals surface area contributed by atoms with Crippen LogP contribution >= 0.6 is 15.9 Å². The van der Waals surface area contributed by atoms with Crippen molar-refractivity contribution in [3.05, 3.63) is 34.2 Å². The van der Waals surface area contributed by atoms with Crippen LogP contribution in [0.25, 0.3) is 0 Å². The molecule has 0 fully saturated rings. The fourth-order valence-electron chi connectivity index (χ4n) is 1.84. The zero-order valence-corrected chi connectivity index (χ0v) is 12.5. The number of nitrogens with zero attached hydrogens (tertiary/aromatic N) is 2. The van der Waals surface area contributed by atoms with Crippen molar-refractivity contribution in [2.45, 2.75) is 26.8 Å². The van der Waals surface area contributed by atoms with E-state index in [0.29, 0.717) is 21.7 Å². The predicted octanol–water partition coefficient (Wildman–Crippen LogP) is 3.83. The van der Waals surface area contributed by atoms with Crippen molar-refractivity contribution in [2.75, 3.05) is 11.1 Å². The molecule has 0 saturated heterocycles. The van der Waals surface area contributed by atoms with Gasteiger partial charge in [0.25, 0.3) is 0 Å². The topological polar surface area (TPSA) is 55.9 Å². The summed E-state index contributed by atoms with van der Waals surface area (Å²) in [4.78, 5) is 0. The van der Waals surface area contributed by atoms with Gasteiger partial charge < -0.3 is 11.1 Å². The van der Waals surface area contributed by atoms with E-state index in [1.807, 2.05) is 6.92 Å². The van der Waals surface area contributed by atoms with Gasteiger partial charge in [0.2, 0.25) is 0 Å². The Labute approximate surface area is 119 Å². The predicted molar refractivity (Wildman–Crippen MR) is 79.1 cm³/mol. The lowest BCUT2D eigenvalue weighted by atomic mass is 10.3. The molecule has 0 aliphatic heterocycles. The molecule has 0 spiro atoms. The standard InChI is InChI=1S/C13H16BrFN4/c1-3-7-19-13(11(16)8(2)18-19)17-12-9(14)5-4-6-10(12)15/h4-6,17H,3,7,16H2,1-2H3. The van der Waals surface area contributed by atoms with E-state index in [9.17, 15) is 4.39 Å². The quantitative estimate of drug-likeness (QED) is 0.897. The fraction of sp³-hybridized carbons (Fsp3) is 0.308. The van der Waals surface area contributed by atoms with Gasteiger partial charge in [0.1, 0.15) is 5.82 Å². The van der Waals surface area contributed by atoms with E-state index in [-0.39, 0.29) is 5.82 Å². The molecule has 2 rings (SSSR count). The number of nitrogen functional groups attached to an aromatic ring is 1. The zero-order valence-electron chi connectivity index (χ0n) is 10.9. The van der Waals surface area contributed by atoms with Crippen LogP contribution in [0.5, 0.6) is 0 Å². The molecule has 1 aromatic heterocycles. The molecular formula is C13H16BrFN4. The average Bonchev–Trinajstić information content (AvgIpc) is 2.62. The number of aryl methyl sites for hydroxylation is 2. The van der Waals surface area contributed by atoms with Gasteiger partial charge in [-0.15, -0.1) is 0 Å². The van der Waals surface area contributed by atoms with E-state index in [4.69, 9.17) is 5.73 Å². The summed E-state index contributed by atoms with van der Waals surface area (Å²) in [5.74, 6) is 0.292. The first kappa shape index (κ1) is 13.9. The molecule has 0 saturated carbocycles. The van der Waals surface area contributed by atoms with Crippen LogP contribution in [0.4, 0.5) is 21.6 Å². The Kier molecular flexibility index (Phi) is 4.09. The van der Waals surface area contributed by atoms with Crippen LogP contribution in [0.3, 0.4) is 0 Å². The van der Waals surface area contributed by atoms with Crippen LogP contribution < -0.4 is 11.1 Å². The zero-order chi connectivity index (χ0) is 14.0. The van der Waals surface area contributed by atoms with Gasteiger partial charge in [-0.2, -0.15) is 5.10 Å². The third-order valence-corrected chi connectivity index (χ3v) is 3.48. The van der Waals surface area contributed by atoms with Crippen molar-refractivity contribution in [2.24, 2.45) is 0 Å². The molecule has 0 radical (unpaired) electrons. The highest BCUT2D eigenvalue weighted by Crippen LogP contribution is 2.32. The maximum absolute atomic E-state index is 13.8. The van der Waals surface area contributed by atoms with Crippen molar-refractivity contribution in [3.63, 3.8) is 0 Å². The maximum Gasteiger partial charge on any atom is 0.152 e. The van der Waals surface area contributed by atoms with Gasteiger partial charge in [0.15, 0.2) is 5.82 Å². The van der Waals surface area contributed by atoms with E-state index in [0.717, 1.165) is 18.7 Å². The minimum absolute atomic E-state index is 0.337. The van der Waals surface area contributed by atoms with Gasteiger partial charge in [-0.3, -0.25) is 0 Å². The van der Waals surface area contributed by atoms with Gasteiger partial charge >= 0.3 is 0 Å².